The van der Waals surface area contributed by atoms with E-state index in [4.69, 9.17) is 9.93 Å². The molecule has 0 aromatic rings. The van der Waals surface area contributed by atoms with Gasteiger partial charge in [0, 0.05) is 16.9 Å². The van der Waals surface area contributed by atoms with Gasteiger partial charge in [0.2, 0.25) is 0 Å². The molecule has 0 radical (unpaired) electrons. The SMILES string of the molecule is CC(C)=O.COC(C)=O.O=O. The summed E-state index contributed by atoms with van der Waals surface area (Å²) in [5.74, 6) is -0.0787. The zero-order valence-corrected chi connectivity index (χ0v) is 7.04. The molecule has 5 nitrogen and oxygen atoms in total. The standard InChI is InChI=1S/C3H6O2.C3H6O.O2/c1-3(4)5-2;1-3(2)4;1-2/h1-2H3;1-2H3;. The van der Waals surface area contributed by atoms with Crippen LogP contribution in [0.15, 0.2) is 0 Å². The smallest absolute Gasteiger partial charge is 0.302 e. The number of ketones is 1. The van der Waals surface area contributed by atoms with E-state index in [2.05, 4.69) is 4.74 Å². The van der Waals surface area contributed by atoms with E-state index in [-0.39, 0.29) is 11.8 Å². The maximum Gasteiger partial charge on any atom is 0.302 e. The highest BCUT2D eigenvalue weighted by Gasteiger charge is 1.75. The third-order valence-electron chi connectivity index (χ3n) is 0.287. The van der Waals surface area contributed by atoms with Crippen LogP contribution in [0, 0.1) is 9.93 Å². The first-order chi connectivity index (χ1) is 5.00. The van der Waals surface area contributed by atoms with Crippen molar-refractivity contribution in [2.24, 2.45) is 0 Å². The van der Waals surface area contributed by atoms with E-state index in [1.165, 1.54) is 27.9 Å². The molecule has 0 N–H and O–H groups in total. The number of carbonyl (C=O) groups excluding carboxylic acids is 2. The summed E-state index contributed by atoms with van der Waals surface area (Å²) >= 11 is 0. The van der Waals surface area contributed by atoms with Gasteiger partial charge in [-0.3, -0.25) is 4.79 Å². The molecule has 0 amide bonds. The molecule has 0 saturated heterocycles. The van der Waals surface area contributed by atoms with Crippen LogP contribution < -0.4 is 0 Å². The van der Waals surface area contributed by atoms with Gasteiger partial charge in [0.15, 0.2) is 0 Å². The molecular formula is C6H12O5. The lowest BCUT2D eigenvalue weighted by atomic mass is 10.6. The Morgan fingerprint density at radius 1 is 1.00 bits per heavy atom. The van der Waals surface area contributed by atoms with Gasteiger partial charge in [-0.1, -0.05) is 0 Å². The average Bonchev–Trinajstić information content (AvgIpc) is 1.91. The first-order valence-corrected chi connectivity index (χ1v) is 2.69. The number of esters is 1. The molecule has 0 spiro atoms. The lowest BCUT2D eigenvalue weighted by Crippen LogP contribution is -1.88. The van der Waals surface area contributed by atoms with E-state index in [1.54, 1.807) is 0 Å². The van der Waals surface area contributed by atoms with Crippen molar-refractivity contribution < 1.29 is 14.3 Å². The molecule has 11 heavy (non-hydrogen) atoms. The van der Waals surface area contributed by atoms with Gasteiger partial charge in [0.25, 0.3) is 0 Å². The Kier molecular flexibility index (Phi) is 23.7. The first kappa shape index (κ1) is 16.4. The zero-order chi connectivity index (χ0) is 9.86. The van der Waals surface area contributed by atoms with Crippen LogP contribution in [0.25, 0.3) is 0 Å². The second-order valence-electron chi connectivity index (χ2n) is 1.60. The van der Waals surface area contributed by atoms with Gasteiger partial charge in [-0.05, 0) is 13.8 Å². The fourth-order valence-electron chi connectivity index (χ4n) is 0. The number of Topliss-reactive ketones (excluding diaryl/α,β-unsaturated/α-hetero) is 1. The Bertz CT molecular complexity index is 106. The van der Waals surface area contributed by atoms with Gasteiger partial charge < -0.3 is 9.53 Å². The van der Waals surface area contributed by atoms with Crippen LogP contribution in [-0.2, 0) is 14.3 Å². The van der Waals surface area contributed by atoms with E-state index in [9.17, 15) is 9.59 Å². The minimum atomic E-state index is -0.245. The molecule has 66 valence electrons. The second kappa shape index (κ2) is 15.9. The number of carbonyl (C=O) groups is 2. The number of ether oxygens (including phenoxy) is 1. The highest BCUT2D eigenvalue weighted by atomic mass is 16.7. The van der Waals surface area contributed by atoms with Gasteiger partial charge in [0.1, 0.15) is 5.78 Å². The zero-order valence-electron chi connectivity index (χ0n) is 7.04. The minimum absolute atomic E-state index is 0.167. The fraction of sp³-hybridized carbons (Fsp3) is 0.667. The van der Waals surface area contributed by atoms with Crippen molar-refractivity contribution >= 4 is 11.8 Å². The van der Waals surface area contributed by atoms with Crippen molar-refractivity contribution in [1.82, 2.24) is 0 Å². The van der Waals surface area contributed by atoms with Gasteiger partial charge in [0.05, 0.1) is 7.11 Å². The summed E-state index contributed by atoms with van der Waals surface area (Å²) < 4.78 is 4.11. The van der Waals surface area contributed by atoms with Crippen molar-refractivity contribution in [3.63, 3.8) is 0 Å². The van der Waals surface area contributed by atoms with Crippen molar-refractivity contribution in [1.29, 1.82) is 0 Å². The Hall–Kier alpha value is -1.26. The van der Waals surface area contributed by atoms with Gasteiger partial charge in [-0.15, -0.1) is 0 Å². The second-order valence-corrected chi connectivity index (χ2v) is 1.60. The molecule has 0 aliphatic carbocycles. The van der Waals surface area contributed by atoms with Crippen LogP contribution in [0.3, 0.4) is 0 Å². The van der Waals surface area contributed by atoms with E-state index in [1.807, 2.05) is 0 Å². The van der Waals surface area contributed by atoms with E-state index in [0.717, 1.165) is 0 Å². The van der Waals surface area contributed by atoms with Crippen LogP contribution in [0.1, 0.15) is 20.8 Å². The van der Waals surface area contributed by atoms with Crippen molar-refractivity contribution in [3.05, 3.63) is 9.93 Å². The fourth-order valence-corrected chi connectivity index (χ4v) is 0. The van der Waals surface area contributed by atoms with Crippen molar-refractivity contribution in [2.75, 3.05) is 7.11 Å². The van der Waals surface area contributed by atoms with Gasteiger partial charge >= 0.3 is 5.97 Å². The molecule has 0 aliphatic heterocycles. The van der Waals surface area contributed by atoms with Crippen LogP contribution in [-0.4, -0.2) is 18.9 Å². The van der Waals surface area contributed by atoms with Crippen LogP contribution in [0.5, 0.6) is 0 Å². The Morgan fingerprint density at radius 3 is 1.09 bits per heavy atom. The molecule has 5 heteroatoms. The number of hydrogen-bond donors (Lipinski definition) is 0. The summed E-state index contributed by atoms with van der Waals surface area (Å²) in [5, 5.41) is 0. The Labute approximate surface area is 64.9 Å². The topological polar surface area (TPSA) is 77.5 Å². The predicted molar refractivity (Wildman–Crippen MR) is 40.8 cm³/mol. The van der Waals surface area contributed by atoms with Crippen LogP contribution in [0.4, 0.5) is 0 Å². The van der Waals surface area contributed by atoms with Gasteiger partial charge in [-0.2, -0.15) is 0 Å². The van der Waals surface area contributed by atoms with Crippen molar-refractivity contribution in [2.45, 2.75) is 20.8 Å². The molecule has 0 saturated carbocycles. The van der Waals surface area contributed by atoms with Crippen LogP contribution in [0.2, 0.25) is 0 Å². The molecule has 0 fully saturated rings. The van der Waals surface area contributed by atoms with E-state index < -0.39 is 0 Å². The highest BCUT2D eigenvalue weighted by molar-refractivity contribution is 5.72. The Balaban J connectivity index is -0.0000000965. The summed E-state index contributed by atoms with van der Waals surface area (Å²) in [6.07, 6.45) is 0. The molecule has 0 atom stereocenters. The average molecular weight is 164 g/mol. The molecule has 0 rings (SSSR count). The minimum Gasteiger partial charge on any atom is -0.469 e. The summed E-state index contributed by atoms with van der Waals surface area (Å²) in [7, 11) is 1.35. The molecule has 0 aromatic heterocycles. The normalized spacial score (nSPS) is 5.82. The molecule has 0 aliphatic rings. The molecule has 0 bridgehead atoms. The monoisotopic (exact) mass is 164 g/mol. The number of hydrogen-bond acceptors (Lipinski definition) is 5. The number of methoxy groups -OCH3 is 1. The lowest BCUT2D eigenvalue weighted by Gasteiger charge is -1.80. The maximum absolute atomic E-state index is 9.59. The quantitative estimate of drug-likeness (QED) is 0.496. The Morgan fingerprint density at radius 2 is 1.09 bits per heavy atom. The summed E-state index contributed by atoms with van der Waals surface area (Å²) in [5.41, 5.74) is 0. The third-order valence-corrected chi connectivity index (χ3v) is 0.287. The molecule has 0 unspecified atom stereocenters. The van der Waals surface area contributed by atoms with Crippen LogP contribution >= 0.6 is 0 Å². The summed E-state index contributed by atoms with van der Waals surface area (Å²) in [6, 6.07) is 0. The summed E-state index contributed by atoms with van der Waals surface area (Å²) in [6.45, 7) is 4.42. The van der Waals surface area contributed by atoms with E-state index in [0.29, 0.717) is 0 Å². The van der Waals surface area contributed by atoms with Crippen molar-refractivity contribution in [3.8, 4) is 0 Å². The highest BCUT2D eigenvalue weighted by Crippen LogP contribution is 1.60. The van der Waals surface area contributed by atoms with E-state index >= 15 is 0 Å². The third kappa shape index (κ3) is 725. The molecular weight excluding hydrogens is 152 g/mol. The summed E-state index contributed by atoms with van der Waals surface area (Å²) in [4.78, 5) is 33.0. The number of rotatable bonds is 0. The first-order valence-electron chi connectivity index (χ1n) is 2.69. The molecule has 0 heterocycles. The van der Waals surface area contributed by atoms with Gasteiger partial charge in [-0.25, -0.2) is 0 Å². The lowest BCUT2D eigenvalue weighted by molar-refractivity contribution is -0.137. The largest absolute Gasteiger partial charge is 0.469 e. The molecule has 0 aromatic carbocycles. The predicted octanol–water partition coefficient (Wildman–Crippen LogP) is 0.842. The maximum atomic E-state index is 9.59.